The number of benzene rings is 2. The lowest BCUT2D eigenvalue weighted by molar-refractivity contribution is 0.0664. The standard InChI is InChI=1S/C19H20N2O4S/c1-13-7-3-4-8-15(13)14(2)20-26(24,25)12-11-21-18(22)16-9-5-6-10-17(16)19(21)23/h3-10,14,20H,11-12H2,1-2H3/t14-/m0/s1. The first-order chi connectivity index (χ1) is 12.3. The van der Waals surface area contributed by atoms with E-state index in [1.54, 1.807) is 31.2 Å². The third-order valence-electron chi connectivity index (χ3n) is 4.47. The molecule has 136 valence electrons. The maximum atomic E-state index is 12.4. The van der Waals surface area contributed by atoms with Gasteiger partial charge in [-0.3, -0.25) is 14.5 Å². The van der Waals surface area contributed by atoms with Crippen molar-refractivity contribution in [1.82, 2.24) is 9.62 Å². The van der Waals surface area contributed by atoms with Gasteiger partial charge in [-0.05, 0) is 37.1 Å². The molecule has 6 nitrogen and oxygen atoms in total. The van der Waals surface area contributed by atoms with Crippen LogP contribution in [0.1, 0.15) is 44.8 Å². The fourth-order valence-electron chi connectivity index (χ4n) is 3.12. The van der Waals surface area contributed by atoms with Gasteiger partial charge in [0.2, 0.25) is 10.0 Å². The first-order valence-electron chi connectivity index (χ1n) is 8.31. The van der Waals surface area contributed by atoms with Crippen molar-refractivity contribution in [3.63, 3.8) is 0 Å². The van der Waals surface area contributed by atoms with E-state index in [9.17, 15) is 18.0 Å². The molecule has 0 fully saturated rings. The van der Waals surface area contributed by atoms with Crippen molar-refractivity contribution in [2.24, 2.45) is 0 Å². The summed E-state index contributed by atoms with van der Waals surface area (Å²) in [5, 5.41) is 0. The number of sulfonamides is 1. The molecule has 1 atom stereocenters. The molecular weight excluding hydrogens is 352 g/mol. The summed E-state index contributed by atoms with van der Waals surface area (Å²) in [4.78, 5) is 25.6. The second-order valence-electron chi connectivity index (χ2n) is 6.32. The Morgan fingerprint density at radius 1 is 0.962 bits per heavy atom. The molecule has 0 aromatic heterocycles. The van der Waals surface area contributed by atoms with E-state index in [4.69, 9.17) is 0 Å². The molecule has 2 aromatic rings. The summed E-state index contributed by atoms with van der Waals surface area (Å²) in [6.07, 6.45) is 0. The van der Waals surface area contributed by atoms with Crippen LogP contribution in [0.3, 0.4) is 0 Å². The number of amides is 2. The van der Waals surface area contributed by atoms with Crippen LogP contribution >= 0.6 is 0 Å². The van der Waals surface area contributed by atoms with Gasteiger partial charge in [0.1, 0.15) is 0 Å². The minimum absolute atomic E-state index is 0.178. The molecule has 7 heteroatoms. The summed E-state index contributed by atoms with van der Waals surface area (Å²) in [5.74, 6) is -1.24. The number of imide groups is 1. The Labute approximate surface area is 152 Å². The topological polar surface area (TPSA) is 83.6 Å². The predicted octanol–water partition coefficient (Wildman–Crippen LogP) is 2.27. The van der Waals surface area contributed by atoms with E-state index >= 15 is 0 Å². The maximum absolute atomic E-state index is 12.4. The van der Waals surface area contributed by atoms with Gasteiger partial charge in [0.25, 0.3) is 11.8 Å². The Balaban J connectivity index is 1.67. The van der Waals surface area contributed by atoms with E-state index in [1.165, 1.54) is 0 Å². The van der Waals surface area contributed by atoms with Gasteiger partial charge in [-0.15, -0.1) is 0 Å². The lowest BCUT2D eigenvalue weighted by Gasteiger charge is -2.18. The van der Waals surface area contributed by atoms with Crippen molar-refractivity contribution in [2.75, 3.05) is 12.3 Å². The minimum Gasteiger partial charge on any atom is -0.273 e. The summed E-state index contributed by atoms with van der Waals surface area (Å²) >= 11 is 0. The maximum Gasteiger partial charge on any atom is 0.261 e. The van der Waals surface area contributed by atoms with Crippen LogP contribution in [0.5, 0.6) is 0 Å². The molecule has 26 heavy (non-hydrogen) atoms. The Bertz CT molecular complexity index is 934. The average molecular weight is 372 g/mol. The zero-order chi connectivity index (χ0) is 18.9. The number of nitrogens with zero attached hydrogens (tertiary/aromatic N) is 1. The Morgan fingerprint density at radius 3 is 2.08 bits per heavy atom. The van der Waals surface area contributed by atoms with Gasteiger partial charge in [-0.1, -0.05) is 36.4 Å². The first-order valence-corrected chi connectivity index (χ1v) is 9.96. The van der Waals surface area contributed by atoms with E-state index in [2.05, 4.69) is 4.72 Å². The first kappa shape index (κ1) is 18.3. The van der Waals surface area contributed by atoms with E-state index in [-0.39, 0.29) is 12.3 Å². The van der Waals surface area contributed by atoms with Crippen LogP contribution in [-0.2, 0) is 10.0 Å². The molecule has 1 N–H and O–H groups in total. The van der Waals surface area contributed by atoms with E-state index in [0.717, 1.165) is 16.0 Å². The second-order valence-corrected chi connectivity index (χ2v) is 8.20. The molecule has 3 rings (SSSR count). The van der Waals surface area contributed by atoms with Crippen molar-refractivity contribution in [3.8, 4) is 0 Å². The van der Waals surface area contributed by atoms with Gasteiger partial charge in [0.05, 0.1) is 16.9 Å². The number of hydrogen-bond donors (Lipinski definition) is 1. The lowest BCUT2D eigenvalue weighted by Crippen LogP contribution is -2.38. The molecule has 2 aromatic carbocycles. The van der Waals surface area contributed by atoms with E-state index < -0.39 is 27.9 Å². The summed E-state index contributed by atoms with van der Waals surface area (Å²) in [7, 11) is -3.66. The molecule has 1 aliphatic heterocycles. The Hall–Kier alpha value is -2.51. The number of nitrogens with one attached hydrogen (secondary N) is 1. The molecule has 1 aliphatic rings. The molecule has 0 unspecified atom stereocenters. The number of carbonyl (C=O) groups excluding carboxylic acids is 2. The van der Waals surface area contributed by atoms with Gasteiger partial charge in [0, 0.05) is 12.6 Å². The number of rotatable bonds is 6. The number of carbonyl (C=O) groups is 2. The van der Waals surface area contributed by atoms with Gasteiger partial charge in [-0.25, -0.2) is 13.1 Å². The predicted molar refractivity (Wildman–Crippen MR) is 98.3 cm³/mol. The van der Waals surface area contributed by atoms with E-state index in [0.29, 0.717) is 11.1 Å². The summed E-state index contributed by atoms with van der Waals surface area (Å²) < 4.78 is 27.4. The van der Waals surface area contributed by atoms with Crippen LogP contribution in [0.4, 0.5) is 0 Å². The highest BCUT2D eigenvalue weighted by Crippen LogP contribution is 2.22. The fraction of sp³-hybridized carbons (Fsp3) is 0.263. The highest BCUT2D eigenvalue weighted by atomic mass is 32.2. The number of fused-ring (bicyclic) bond motifs is 1. The van der Waals surface area contributed by atoms with Crippen LogP contribution < -0.4 is 4.72 Å². The Morgan fingerprint density at radius 2 is 1.50 bits per heavy atom. The highest BCUT2D eigenvalue weighted by Gasteiger charge is 2.35. The molecule has 0 bridgehead atoms. The third kappa shape index (κ3) is 3.54. The van der Waals surface area contributed by atoms with Crippen LogP contribution in [0.25, 0.3) is 0 Å². The van der Waals surface area contributed by atoms with Gasteiger partial charge >= 0.3 is 0 Å². The lowest BCUT2D eigenvalue weighted by atomic mass is 10.0. The minimum atomic E-state index is -3.66. The van der Waals surface area contributed by atoms with E-state index in [1.807, 2.05) is 31.2 Å². The van der Waals surface area contributed by atoms with Crippen LogP contribution in [0.15, 0.2) is 48.5 Å². The van der Waals surface area contributed by atoms with Crippen molar-refractivity contribution in [2.45, 2.75) is 19.9 Å². The van der Waals surface area contributed by atoms with Crippen LogP contribution in [0.2, 0.25) is 0 Å². The van der Waals surface area contributed by atoms with Crippen LogP contribution in [-0.4, -0.2) is 37.4 Å². The average Bonchev–Trinajstić information content (AvgIpc) is 2.84. The zero-order valence-corrected chi connectivity index (χ0v) is 15.4. The molecule has 2 amide bonds. The molecular formula is C19H20N2O4S. The van der Waals surface area contributed by atoms with Gasteiger partial charge in [0.15, 0.2) is 0 Å². The quantitative estimate of drug-likeness (QED) is 0.789. The third-order valence-corrected chi connectivity index (χ3v) is 5.91. The second kappa shape index (κ2) is 7.01. The van der Waals surface area contributed by atoms with Gasteiger partial charge in [-0.2, -0.15) is 0 Å². The molecule has 0 spiro atoms. The van der Waals surface area contributed by atoms with Gasteiger partial charge < -0.3 is 0 Å². The molecule has 0 radical (unpaired) electrons. The SMILES string of the molecule is Cc1ccccc1[C@H](C)NS(=O)(=O)CCN1C(=O)c2ccccc2C1=O. The van der Waals surface area contributed by atoms with Crippen molar-refractivity contribution in [3.05, 3.63) is 70.8 Å². The largest absolute Gasteiger partial charge is 0.273 e. The summed E-state index contributed by atoms with van der Waals surface area (Å²) in [6.45, 7) is 3.50. The number of aryl methyl sites for hydroxylation is 1. The van der Waals surface area contributed by atoms with Crippen molar-refractivity contribution < 1.29 is 18.0 Å². The zero-order valence-electron chi connectivity index (χ0n) is 14.6. The fourth-order valence-corrected chi connectivity index (χ4v) is 4.32. The smallest absolute Gasteiger partial charge is 0.261 e. The molecule has 1 heterocycles. The van der Waals surface area contributed by atoms with Crippen molar-refractivity contribution >= 4 is 21.8 Å². The highest BCUT2D eigenvalue weighted by molar-refractivity contribution is 7.89. The molecule has 0 saturated heterocycles. The normalized spacial score (nSPS) is 15.2. The Kier molecular flexibility index (Phi) is 4.93. The molecule has 0 aliphatic carbocycles. The monoisotopic (exact) mass is 372 g/mol. The van der Waals surface area contributed by atoms with Crippen LogP contribution in [0, 0.1) is 6.92 Å². The summed E-state index contributed by atoms with van der Waals surface area (Å²) in [5.41, 5.74) is 2.51. The molecule has 0 saturated carbocycles. The van der Waals surface area contributed by atoms with Crippen molar-refractivity contribution in [1.29, 1.82) is 0 Å². The number of hydrogen-bond acceptors (Lipinski definition) is 4. The summed E-state index contributed by atoms with van der Waals surface area (Å²) in [6, 6.07) is 13.6.